The molecule has 0 amide bonds. The number of aliphatic imine (C=N–C) groups is 1. The molecule has 0 aliphatic heterocycles. The maximum Gasteiger partial charge on any atom is 0.387 e. The fourth-order valence-corrected chi connectivity index (χ4v) is 2.39. The molecule has 0 radical (unpaired) electrons. The monoisotopic (exact) mass is 553 g/mol. The number of hydrogen-bond donors (Lipinski definition) is 2. The Morgan fingerprint density at radius 2 is 1.94 bits per heavy atom. The van der Waals surface area contributed by atoms with Gasteiger partial charge in [0, 0.05) is 30.6 Å². The number of guanidine groups is 1. The molecule has 0 atom stereocenters. The minimum Gasteiger partial charge on any atom is -0.493 e. The van der Waals surface area contributed by atoms with Gasteiger partial charge < -0.3 is 24.6 Å². The van der Waals surface area contributed by atoms with Crippen LogP contribution in [0, 0.1) is 0 Å². The maximum atomic E-state index is 12.8. The second-order valence-corrected chi connectivity index (χ2v) is 7.54. The van der Waals surface area contributed by atoms with Gasteiger partial charge in [-0.1, -0.05) is 32.9 Å². The summed E-state index contributed by atoms with van der Waals surface area (Å²) in [7, 11) is 1.60. The molecule has 2 rings (SSSR count). The van der Waals surface area contributed by atoms with E-state index in [1.807, 2.05) is 27.7 Å². The van der Waals surface area contributed by atoms with Crippen molar-refractivity contribution >= 4 is 29.9 Å². The Bertz CT molecular complexity index is 840. The number of nitrogens with zero attached hydrogens (tertiary/aromatic N) is 3. The first-order valence-corrected chi connectivity index (χ1v) is 9.71. The van der Waals surface area contributed by atoms with Crippen molar-refractivity contribution in [3.8, 4) is 11.5 Å². The third kappa shape index (κ3) is 8.83. The molecule has 0 saturated heterocycles. The zero-order chi connectivity index (χ0) is 22.1. The van der Waals surface area contributed by atoms with Crippen molar-refractivity contribution < 1.29 is 22.8 Å². The van der Waals surface area contributed by atoms with Gasteiger partial charge in [-0.3, -0.25) is 4.99 Å². The Morgan fingerprint density at radius 1 is 1.23 bits per heavy atom. The van der Waals surface area contributed by atoms with E-state index in [1.54, 1.807) is 19.2 Å². The van der Waals surface area contributed by atoms with Crippen molar-refractivity contribution in [1.29, 1.82) is 0 Å². The van der Waals surface area contributed by atoms with E-state index >= 15 is 0 Å². The molecule has 31 heavy (non-hydrogen) atoms. The van der Waals surface area contributed by atoms with E-state index in [-0.39, 0.29) is 41.7 Å². The van der Waals surface area contributed by atoms with Crippen LogP contribution in [0.4, 0.5) is 8.78 Å². The highest BCUT2D eigenvalue weighted by molar-refractivity contribution is 14.0. The van der Waals surface area contributed by atoms with Crippen LogP contribution in [0.15, 0.2) is 27.7 Å². The first-order chi connectivity index (χ1) is 14.2. The van der Waals surface area contributed by atoms with Gasteiger partial charge in [-0.2, -0.15) is 13.8 Å². The number of halogens is 3. The van der Waals surface area contributed by atoms with Crippen LogP contribution < -0.4 is 20.1 Å². The van der Waals surface area contributed by atoms with E-state index in [9.17, 15) is 8.78 Å². The average Bonchev–Trinajstić information content (AvgIpc) is 3.16. The molecular formula is C20H30F2IN5O3. The molecule has 0 spiro atoms. The van der Waals surface area contributed by atoms with Gasteiger partial charge in [0.05, 0.1) is 13.2 Å². The van der Waals surface area contributed by atoms with Gasteiger partial charge in [-0.05, 0) is 18.6 Å². The molecule has 2 aromatic rings. The van der Waals surface area contributed by atoms with Crippen molar-refractivity contribution in [2.75, 3.05) is 13.7 Å². The van der Waals surface area contributed by atoms with Crippen LogP contribution >= 0.6 is 24.0 Å². The lowest BCUT2D eigenvalue weighted by Crippen LogP contribution is -2.36. The van der Waals surface area contributed by atoms with E-state index in [0.29, 0.717) is 42.1 Å². The Kier molecular flexibility index (Phi) is 10.9. The van der Waals surface area contributed by atoms with Crippen LogP contribution in [-0.2, 0) is 18.5 Å². The first kappa shape index (κ1) is 26.9. The molecule has 0 aliphatic carbocycles. The number of rotatable bonds is 9. The van der Waals surface area contributed by atoms with Crippen LogP contribution in [0.3, 0.4) is 0 Å². The molecule has 0 fully saturated rings. The summed E-state index contributed by atoms with van der Waals surface area (Å²) in [5, 5.41) is 10.1. The number of hydrogen-bond acceptors (Lipinski definition) is 6. The summed E-state index contributed by atoms with van der Waals surface area (Å²) in [5.41, 5.74) is 0.302. The van der Waals surface area contributed by atoms with Crippen LogP contribution in [0.1, 0.15) is 51.4 Å². The number of benzene rings is 1. The minimum absolute atomic E-state index is 0. The highest BCUT2D eigenvalue weighted by Gasteiger charge is 2.21. The van der Waals surface area contributed by atoms with Crippen LogP contribution in [0.5, 0.6) is 11.5 Å². The molecule has 0 saturated carbocycles. The third-order valence-electron chi connectivity index (χ3n) is 3.92. The van der Waals surface area contributed by atoms with Gasteiger partial charge in [-0.25, -0.2) is 0 Å². The molecule has 2 N–H and O–H groups in total. The Labute approximate surface area is 198 Å². The first-order valence-electron chi connectivity index (χ1n) is 9.71. The summed E-state index contributed by atoms with van der Waals surface area (Å²) in [5.74, 6) is 2.01. The van der Waals surface area contributed by atoms with E-state index in [1.165, 1.54) is 6.07 Å². The van der Waals surface area contributed by atoms with Crippen molar-refractivity contribution in [3.63, 3.8) is 0 Å². The highest BCUT2D eigenvalue weighted by atomic mass is 127. The van der Waals surface area contributed by atoms with Crippen molar-refractivity contribution in [2.24, 2.45) is 4.99 Å². The molecule has 8 nitrogen and oxygen atoms in total. The summed E-state index contributed by atoms with van der Waals surface area (Å²) < 4.78 is 41.0. The molecule has 174 valence electrons. The fraction of sp³-hybridized carbons (Fsp3) is 0.550. The minimum atomic E-state index is -2.93. The molecule has 1 aromatic carbocycles. The van der Waals surface area contributed by atoms with Crippen molar-refractivity contribution in [2.45, 2.75) is 59.2 Å². The zero-order valence-electron chi connectivity index (χ0n) is 18.4. The van der Waals surface area contributed by atoms with Crippen LogP contribution in [-0.4, -0.2) is 36.4 Å². The van der Waals surface area contributed by atoms with Gasteiger partial charge in [0.2, 0.25) is 5.89 Å². The summed E-state index contributed by atoms with van der Waals surface area (Å²) in [6, 6.07) is 4.86. The van der Waals surface area contributed by atoms with Gasteiger partial charge in [-0.15, -0.1) is 24.0 Å². The maximum absolute atomic E-state index is 12.8. The van der Waals surface area contributed by atoms with Gasteiger partial charge >= 0.3 is 6.61 Å². The average molecular weight is 553 g/mol. The van der Waals surface area contributed by atoms with Gasteiger partial charge in [0.1, 0.15) is 11.5 Å². The Balaban J connectivity index is 0.00000480. The Hall–Kier alpha value is -2.18. The largest absolute Gasteiger partial charge is 0.493 e. The highest BCUT2D eigenvalue weighted by Crippen LogP contribution is 2.26. The van der Waals surface area contributed by atoms with E-state index < -0.39 is 6.61 Å². The smallest absolute Gasteiger partial charge is 0.387 e. The second kappa shape index (κ2) is 12.6. The number of nitrogens with one attached hydrogen (secondary N) is 2. The van der Waals surface area contributed by atoms with E-state index in [0.717, 1.165) is 6.42 Å². The summed E-state index contributed by atoms with van der Waals surface area (Å²) in [6.07, 6.45) is 0.813. The SMILES string of the molecule is CCCOc1ccc(CNC(=NC)NCc2noc(C(C)(C)C)n2)c(OC(F)F)c1.I. The predicted octanol–water partition coefficient (Wildman–Crippen LogP) is 4.24. The van der Waals surface area contributed by atoms with Crippen molar-refractivity contribution in [1.82, 2.24) is 20.8 Å². The van der Waals surface area contributed by atoms with E-state index in [4.69, 9.17) is 9.26 Å². The summed E-state index contributed by atoms with van der Waals surface area (Å²) >= 11 is 0. The summed E-state index contributed by atoms with van der Waals surface area (Å²) in [6.45, 7) is 5.99. The molecule has 11 heteroatoms. The van der Waals surface area contributed by atoms with Gasteiger partial charge in [0.15, 0.2) is 11.8 Å². The quantitative estimate of drug-likeness (QED) is 0.273. The number of aromatic nitrogens is 2. The second-order valence-electron chi connectivity index (χ2n) is 7.54. The lowest BCUT2D eigenvalue weighted by molar-refractivity contribution is -0.0505. The topological polar surface area (TPSA) is 93.8 Å². The predicted molar refractivity (Wildman–Crippen MR) is 124 cm³/mol. The zero-order valence-corrected chi connectivity index (χ0v) is 20.7. The van der Waals surface area contributed by atoms with Crippen molar-refractivity contribution in [3.05, 3.63) is 35.5 Å². The lowest BCUT2D eigenvalue weighted by Gasteiger charge is -2.15. The molecule has 1 aromatic heterocycles. The standard InChI is InChI=1S/C20H29F2N5O3.HI/c1-6-9-28-14-8-7-13(15(10-14)29-18(21)22)11-24-19(23-5)25-12-16-26-17(30-27-16)20(2,3)4;/h7-8,10,18H,6,9,11-12H2,1-5H3,(H2,23,24,25);1H. The molecule has 0 bridgehead atoms. The molecular weight excluding hydrogens is 523 g/mol. The molecule has 0 unspecified atom stereocenters. The van der Waals surface area contributed by atoms with Crippen LogP contribution in [0.2, 0.25) is 0 Å². The number of alkyl halides is 2. The third-order valence-corrected chi connectivity index (χ3v) is 3.92. The molecule has 0 aliphatic rings. The molecule has 1 heterocycles. The Morgan fingerprint density at radius 3 is 2.52 bits per heavy atom. The summed E-state index contributed by atoms with van der Waals surface area (Å²) in [4.78, 5) is 8.46. The van der Waals surface area contributed by atoms with Gasteiger partial charge in [0.25, 0.3) is 0 Å². The van der Waals surface area contributed by atoms with Crippen LogP contribution in [0.25, 0.3) is 0 Å². The van der Waals surface area contributed by atoms with E-state index in [2.05, 4.69) is 30.5 Å². The normalized spacial score (nSPS) is 11.8. The lowest BCUT2D eigenvalue weighted by atomic mass is 9.97. The number of ether oxygens (including phenoxy) is 2. The fourth-order valence-electron chi connectivity index (χ4n) is 2.39.